The molecule has 0 spiro atoms. The standard InChI is InChI=1S/C15H28/c1-5-8-14-10-12(4)13(7-3)11-15(14)9-6-2/h12-13H,5-11H2,1-4H3. The van der Waals surface area contributed by atoms with Crippen LogP contribution in [0.25, 0.3) is 0 Å². The van der Waals surface area contributed by atoms with Crippen LogP contribution in [0.3, 0.4) is 0 Å². The average molecular weight is 208 g/mol. The highest BCUT2D eigenvalue weighted by Gasteiger charge is 2.24. The van der Waals surface area contributed by atoms with Crippen molar-refractivity contribution in [2.75, 3.05) is 0 Å². The van der Waals surface area contributed by atoms with E-state index in [1.165, 1.54) is 44.9 Å². The molecule has 0 radical (unpaired) electrons. The van der Waals surface area contributed by atoms with Crippen LogP contribution in [0.2, 0.25) is 0 Å². The Balaban J connectivity index is 2.74. The number of hydrogen-bond donors (Lipinski definition) is 0. The van der Waals surface area contributed by atoms with Gasteiger partial charge >= 0.3 is 0 Å². The number of rotatable bonds is 5. The summed E-state index contributed by atoms with van der Waals surface area (Å²) in [7, 11) is 0. The van der Waals surface area contributed by atoms with Crippen molar-refractivity contribution in [3.05, 3.63) is 11.1 Å². The summed E-state index contributed by atoms with van der Waals surface area (Å²) in [5, 5.41) is 0. The molecule has 2 unspecified atom stereocenters. The monoisotopic (exact) mass is 208 g/mol. The first-order valence-corrected chi connectivity index (χ1v) is 6.92. The molecule has 0 saturated heterocycles. The first kappa shape index (κ1) is 12.8. The molecular weight excluding hydrogens is 180 g/mol. The van der Waals surface area contributed by atoms with Crippen molar-refractivity contribution in [1.29, 1.82) is 0 Å². The van der Waals surface area contributed by atoms with Crippen LogP contribution in [0.4, 0.5) is 0 Å². The van der Waals surface area contributed by atoms with Gasteiger partial charge in [0.15, 0.2) is 0 Å². The summed E-state index contributed by atoms with van der Waals surface area (Å²) in [5.41, 5.74) is 3.64. The van der Waals surface area contributed by atoms with E-state index in [2.05, 4.69) is 27.7 Å². The number of hydrogen-bond acceptors (Lipinski definition) is 0. The normalized spacial score (nSPS) is 27.2. The van der Waals surface area contributed by atoms with E-state index in [4.69, 9.17) is 0 Å². The molecule has 0 heteroatoms. The summed E-state index contributed by atoms with van der Waals surface area (Å²) in [6.07, 6.45) is 9.53. The molecule has 88 valence electrons. The molecule has 0 nitrogen and oxygen atoms in total. The van der Waals surface area contributed by atoms with Crippen molar-refractivity contribution in [2.24, 2.45) is 11.8 Å². The molecule has 1 rings (SSSR count). The van der Waals surface area contributed by atoms with E-state index < -0.39 is 0 Å². The zero-order valence-corrected chi connectivity index (χ0v) is 11.1. The van der Waals surface area contributed by atoms with Crippen LogP contribution in [0.15, 0.2) is 11.1 Å². The molecule has 0 aromatic rings. The molecule has 15 heavy (non-hydrogen) atoms. The summed E-state index contributed by atoms with van der Waals surface area (Å²) in [4.78, 5) is 0. The lowest BCUT2D eigenvalue weighted by Gasteiger charge is -2.32. The van der Waals surface area contributed by atoms with Gasteiger partial charge in [0, 0.05) is 0 Å². The third-order valence-electron chi connectivity index (χ3n) is 4.01. The highest BCUT2D eigenvalue weighted by molar-refractivity contribution is 5.19. The van der Waals surface area contributed by atoms with Gasteiger partial charge in [-0.05, 0) is 37.5 Å². The second kappa shape index (κ2) is 6.35. The molecule has 0 aliphatic heterocycles. The fourth-order valence-electron chi connectivity index (χ4n) is 3.07. The van der Waals surface area contributed by atoms with Gasteiger partial charge < -0.3 is 0 Å². The van der Waals surface area contributed by atoms with Crippen LogP contribution < -0.4 is 0 Å². The molecule has 0 saturated carbocycles. The van der Waals surface area contributed by atoms with Crippen LogP contribution in [-0.4, -0.2) is 0 Å². The van der Waals surface area contributed by atoms with Gasteiger partial charge in [0.2, 0.25) is 0 Å². The minimum absolute atomic E-state index is 0.928. The Kier molecular flexibility index (Phi) is 5.42. The lowest BCUT2D eigenvalue weighted by atomic mass is 9.73. The van der Waals surface area contributed by atoms with Crippen molar-refractivity contribution in [3.8, 4) is 0 Å². The van der Waals surface area contributed by atoms with Crippen molar-refractivity contribution in [2.45, 2.75) is 72.6 Å². The van der Waals surface area contributed by atoms with Gasteiger partial charge in [-0.25, -0.2) is 0 Å². The fraction of sp³-hybridized carbons (Fsp3) is 0.867. The third kappa shape index (κ3) is 3.36. The highest BCUT2D eigenvalue weighted by atomic mass is 14.3. The van der Waals surface area contributed by atoms with Crippen molar-refractivity contribution in [3.63, 3.8) is 0 Å². The van der Waals surface area contributed by atoms with Gasteiger partial charge in [-0.3, -0.25) is 0 Å². The minimum Gasteiger partial charge on any atom is -0.0707 e. The molecule has 0 aromatic heterocycles. The second-order valence-electron chi connectivity index (χ2n) is 5.26. The van der Waals surface area contributed by atoms with Gasteiger partial charge in [0.25, 0.3) is 0 Å². The smallest absolute Gasteiger partial charge is 0.0287 e. The minimum atomic E-state index is 0.928. The molecule has 1 aliphatic carbocycles. The Bertz CT molecular complexity index is 212. The summed E-state index contributed by atoms with van der Waals surface area (Å²) in [6, 6.07) is 0. The van der Waals surface area contributed by atoms with Crippen LogP contribution in [0.5, 0.6) is 0 Å². The quantitative estimate of drug-likeness (QED) is 0.535. The van der Waals surface area contributed by atoms with E-state index in [9.17, 15) is 0 Å². The van der Waals surface area contributed by atoms with E-state index in [-0.39, 0.29) is 0 Å². The van der Waals surface area contributed by atoms with E-state index in [0.717, 1.165) is 11.8 Å². The van der Waals surface area contributed by atoms with E-state index in [1.54, 1.807) is 0 Å². The molecule has 1 aliphatic rings. The van der Waals surface area contributed by atoms with Crippen LogP contribution >= 0.6 is 0 Å². The Morgan fingerprint density at radius 2 is 1.47 bits per heavy atom. The lowest BCUT2D eigenvalue weighted by Crippen LogP contribution is -2.19. The Labute approximate surface area is 96.2 Å². The predicted molar refractivity (Wildman–Crippen MR) is 69.0 cm³/mol. The van der Waals surface area contributed by atoms with Gasteiger partial charge in [0.1, 0.15) is 0 Å². The topological polar surface area (TPSA) is 0 Å². The SMILES string of the molecule is CCCC1=C(CCC)CC(CC)C(C)C1. The van der Waals surface area contributed by atoms with Gasteiger partial charge in [0.05, 0.1) is 0 Å². The largest absolute Gasteiger partial charge is 0.0707 e. The van der Waals surface area contributed by atoms with Crippen LogP contribution in [0.1, 0.15) is 72.6 Å². The molecule has 0 heterocycles. The van der Waals surface area contributed by atoms with Crippen molar-refractivity contribution in [1.82, 2.24) is 0 Å². The Morgan fingerprint density at radius 1 is 0.933 bits per heavy atom. The molecule has 0 N–H and O–H groups in total. The summed E-state index contributed by atoms with van der Waals surface area (Å²) < 4.78 is 0. The Hall–Kier alpha value is -0.260. The van der Waals surface area contributed by atoms with Crippen molar-refractivity contribution >= 4 is 0 Å². The zero-order chi connectivity index (χ0) is 11.3. The van der Waals surface area contributed by atoms with E-state index >= 15 is 0 Å². The maximum Gasteiger partial charge on any atom is -0.0287 e. The summed E-state index contributed by atoms with van der Waals surface area (Å²) in [6.45, 7) is 9.44. The van der Waals surface area contributed by atoms with E-state index in [1.807, 2.05) is 11.1 Å². The van der Waals surface area contributed by atoms with Gasteiger partial charge in [-0.1, -0.05) is 58.1 Å². The summed E-state index contributed by atoms with van der Waals surface area (Å²) in [5.74, 6) is 1.89. The van der Waals surface area contributed by atoms with Gasteiger partial charge in [-0.2, -0.15) is 0 Å². The molecule has 0 amide bonds. The maximum atomic E-state index is 2.45. The predicted octanol–water partition coefficient (Wildman–Crippen LogP) is 5.34. The van der Waals surface area contributed by atoms with Crippen LogP contribution in [0, 0.1) is 11.8 Å². The number of allylic oxidation sites excluding steroid dienone is 2. The third-order valence-corrected chi connectivity index (χ3v) is 4.01. The molecule has 0 aromatic carbocycles. The van der Waals surface area contributed by atoms with Gasteiger partial charge in [-0.15, -0.1) is 0 Å². The van der Waals surface area contributed by atoms with Crippen molar-refractivity contribution < 1.29 is 0 Å². The zero-order valence-electron chi connectivity index (χ0n) is 11.1. The fourth-order valence-corrected chi connectivity index (χ4v) is 3.07. The first-order chi connectivity index (χ1) is 7.22. The molecule has 0 fully saturated rings. The molecule has 0 bridgehead atoms. The summed E-state index contributed by atoms with van der Waals surface area (Å²) >= 11 is 0. The lowest BCUT2D eigenvalue weighted by molar-refractivity contribution is 0.313. The Morgan fingerprint density at radius 3 is 1.93 bits per heavy atom. The van der Waals surface area contributed by atoms with Crippen LogP contribution in [-0.2, 0) is 0 Å². The molecule has 2 atom stereocenters. The average Bonchev–Trinajstić information content (AvgIpc) is 2.22. The maximum absolute atomic E-state index is 2.45. The second-order valence-corrected chi connectivity index (χ2v) is 5.26. The highest BCUT2D eigenvalue weighted by Crippen LogP contribution is 2.39. The first-order valence-electron chi connectivity index (χ1n) is 6.92. The van der Waals surface area contributed by atoms with E-state index in [0.29, 0.717) is 0 Å². The molecular formula is C15H28.